The maximum atomic E-state index is 13.5. The molecule has 1 aromatic heterocycles. The minimum atomic E-state index is -0.155. The zero-order chi connectivity index (χ0) is 11.3. The molecule has 1 aromatic carbocycles. The summed E-state index contributed by atoms with van der Waals surface area (Å²) in [5.41, 5.74) is 5.36. The Bertz CT molecular complexity index is 587. The molecule has 2 heteroatoms. The molecule has 1 aliphatic rings. The van der Waals surface area contributed by atoms with Crippen molar-refractivity contribution >= 4 is 10.9 Å². The van der Waals surface area contributed by atoms with Gasteiger partial charge >= 0.3 is 0 Å². The Kier molecular flexibility index (Phi) is 2.00. The minimum absolute atomic E-state index is 0.155. The second-order valence-corrected chi connectivity index (χ2v) is 4.63. The van der Waals surface area contributed by atoms with Crippen molar-refractivity contribution in [3.05, 3.63) is 40.3 Å². The third-order valence-electron chi connectivity index (χ3n) is 3.58. The quantitative estimate of drug-likeness (QED) is 0.655. The van der Waals surface area contributed by atoms with Gasteiger partial charge < -0.3 is 0 Å². The zero-order valence-corrected chi connectivity index (χ0v) is 9.60. The highest BCUT2D eigenvalue weighted by molar-refractivity contribution is 5.84. The number of fused-ring (bicyclic) bond motifs is 2. The maximum Gasteiger partial charge on any atom is 0.128 e. The van der Waals surface area contributed by atoms with E-state index in [4.69, 9.17) is 0 Å². The van der Waals surface area contributed by atoms with Crippen LogP contribution in [0.25, 0.3) is 10.9 Å². The van der Waals surface area contributed by atoms with Crippen LogP contribution in [0.5, 0.6) is 0 Å². The average molecular weight is 215 g/mol. The molecule has 0 unspecified atom stereocenters. The van der Waals surface area contributed by atoms with Crippen LogP contribution in [0.2, 0.25) is 0 Å². The predicted octanol–water partition coefficient (Wildman–Crippen LogP) is 3.48. The molecule has 0 amide bonds. The van der Waals surface area contributed by atoms with E-state index in [1.165, 1.54) is 23.2 Å². The topological polar surface area (TPSA) is 12.9 Å². The Balaban J connectivity index is 2.41. The minimum Gasteiger partial charge on any atom is -0.252 e. The van der Waals surface area contributed by atoms with Crippen LogP contribution in [-0.2, 0) is 12.8 Å². The normalized spacial score (nSPS) is 14.4. The summed E-state index contributed by atoms with van der Waals surface area (Å²) in [6.07, 6.45) is 3.35. The number of aromatic nitrogens is 1. The van der Waals surface area contributed by atoms with Crippen LogP contribution in [0, 0.1) is 19.7 Å². The fraction of sp³-hybridized carbons (Fsp3) is 0.357. The SMILES string of the molecule is Cc1cc2c(C)c3c(nc2cc1F)CCC3. The van der Waals surface area contributed by atoms with E-state index in [9.17, 15) is 4.39 Å². The van der Waals surface area contributed by atoms with E-state index in [2.05, 4.69) is 11.9 Å². The summed E-state index contributed by atoms with van der Waals surface area (Å²) < 4.78 is 13.5. The molecule has 0 radical (unpaired) electrons. The van der Waals surface area contributed by atoms with Gasteiger partial charge in [0.2, 0.25) is 0 Å². The van der Waals surface area contributed by atoms with Crippen molar-refractivity contribution in [2.24, 2.45) is 0 Å². The lowest BCUT2D eigenvalue weighted by Gasteiger charge is -2.09. The molecule has 0 spiro atoms. The molecular formula is C14H14FN. The fourth-order valence-corrected chi connectivity index (χ4v) is 2.63. The molecule has 0 bridgehead atoms. The maximum absolute atomic E-state index is 13.5. The lowest BCUT2D eigenvalue weighted by Crippen LogP contribution is -1.96. The number of benzene rings is 1. The van der Waals surface area contributed by atoms with E-state index in [0.717, 1.165) is 23.7 Å². The van der Waals surface area contributed by atoms with Crippen molar-refractivity contribution < 1.29 is 4.39 Å². The van der Waals surface area contributed by atoms with Crippen molar-refractivity contribution in [3.8, 4) is 0 Å². The summed E-state index contributed by atoms with van der Waals surface area (Å²) in [4.78, 5) is 4.58. The number of rotatable bonds is 0. The van der Waals surface area contributed by atoms with Crippen LogP contribution < -0.4 is 0 Å². The first-order valence-corrected chi connectivity index (χ1v) is 5.75. The van der Waals surface area contributed by atoms with E-state index in [1.807, 2.05) is 6.07 Å². The van der Waals surface area contributed by atoms with E-state index in [0.29, 0.717) is 5.56 Å². The summed E-state index contributed by atoms with van der Waals surface area (Å²) in [7, 11) is 0. The van der Waals surface area contributed by atoms with Crippen LogP contribution in [-0.4, -0.2) is 4.98 Å². The predicted molar refractivity (Wildman–Crippen MR) is 63.2 cm³/mol. The number of hydrogen-bond acceptors (Lipinski definition) is 1. The van der Waals surface area contributed by atoms with Gasteiger partial charge in [0.05, 0.1) is 5.52 Å². The average Bonchev–Trinajstić information content (AvgIpc) is 2.70. The molecule has 0 saturated heterocycles. The first kappa shape index (κ1) is 9.76. The molecule has 1 aliphatic carbocycles. The van der Waals surface area contributed by atoms with Crippen molar-refractivity contribution in [2.45, 2.75) is 33.1 Å². The molecular weight excluding hydrogens is 201 g/mol. The Morgan fingerprint density at radius 1 is 1.19 bits per heavy atom. The van der Waals surface area contributed by atoms with Gasteiger partial charge in [0.1, 0.15) is 5.82 Å². The van der Waals surface area contributed by atoms with Gasteiger partial charge in [-0.2, -0.15) is 0 Å². The third kappa shape index (κ3) is 1.26. The van der Waals surface area contributed by atoms with Gasteiger partial charge in [-0.3, -0.25) is 4.98 Å². The van der Waals surface area contributed by atoms with Crippen molar-refractivity contribution in [3.63, 3.8) is 0 Å². The second-order valence-electron chi connectivity index (χ2n) is 4.63. The monoisotopic (exact) mass is 215 g/mol. The van der Waals surface area contributed by atoms with Crippen LogP contribution in [0.3, 0.4) is 0 Å². The fourth-order valence-electron chi connectivity index (χ4n) is 2.63. The Morgan fingerprint density at radius 2 is 2.00 bits per heavy atom. The molecule has 3 rings (SSSR count). The Labute approximate surface area is 94.3 Å². The lowest BCUT2D eigenvalue weighted by molar-refractivity contribution is 0.620. The molecule has 1 nitrogen and oxygen atoms in total. The number of aryl methyl sites for hydroxylation is 3. The molecule has 0 saturated carbocycles. The van der Waals surface area contributed by atoms with E-state index in [1.54, 1.807) is 13.0 Å². The van der Waals surface area contributed by atoms with Crippen molar-refractivity contribution in [2.75, 3.05) is 0 Å². The van der Waals surface area contributed by atoms with Crippen molar-refractivity contribution in [1.82, 2.24) is 4.98 Å². The first-order chi connectivity index (χ1) is 7.66. The van der Waals surface area contributed by atoms with Crippen molar-refractivity contribution in [1.29, 1.82) is 0 Å². The molecule has 0 atom stereocenters. The highest BCUT2D eigenvalue weighted by Crippen LogP contribution is 2.30. The van der Waals surface area contributed by atoms with Gasteiger partial charge in [-0.15, -0.1) is 0 Å². The van der Waals surface area contributed by atoms with Gasteiger partial charge in [0, 0.05) is 17.1 Å². The number of nitrogens with zero attached hydrogens (tertiary/aromatic N) is 1. The molecule has 0 fully saturated rings. The largest absolute Gasteiger partial charge is 0.252 e. The summed E-state index contributed by atoms with van der Waals surface area (Å²) >= 11 is 0. The first-order valence-electron chi connectivity index (χ1n) is 5.75. The molecule has 2 aromatic rings. The van der Waals surface area contributed by atoms with Gasteiger partial charge in [-0.25, -0.2) is 4.39 Å². The zero-order valence-electron chi connectivity index (χ0n) is 9.60. The molecule has 16 heavy (non-hydrogen) atoms. The van der Waals surface area contributed by atoms with Gasteiger partial charge in [0.15, 0.2) is 0 Å². The van der Waals surface area contributed by atoms with Gasteiger partial charge in [-0.1, -0.05) is 0 Å². The summed E-state index contributed by atoms with van der Waals surface area (Å²) in [5.74, 6) is -0.155. The van der Waals surface area contributed by atoms with Gasteiger partial charge in [-0.05, 0) is 55.9 Å². The van der Waals surface area contributed by atoms with E-state index in [-0.39, 0.29) is 5.82 Å². The summed E-state index contributed by atoms with van der Waals surface area (Å²) in [5, 5.41) is 1.11. The van der Waals surface area contributed by atoms with Gasteiger partial charge in [0.25, 0.3) is 0 Å². The lowest BCUT2D eigenvalue weighted by atomic mass is 10.0. The van der Waals surface area contributed by atoms with Crippen LogP contribution in [0.15, 0.2) is 12.1 Å². The molecule has 82 valence electrons. The van der Waals surface area contributed by atoms with Crippen LogP contribution in [0.4, 0.5) is 4.39 Å². The highest BCUT2D eigenvalue weighted by Gasteiger charge is 2.17. The number of pyridine rings is 1. The number of hydrogen-bond donors (Lipinski definition) is 0. The molecule has 0 N–H and O–H groups in total. The van der Waals surface area contributed by atoms with E-state index >= 15 is 0 Å². The summed E-state index contributed by atoms with van der Waals surface area (Å²) in [6.45, 7) is 3.94. The summed E-state index contributed by atoms with van der Waals surface area (Å²) in [6, 6.07) is 3.49. The third-order valence-corrected chi connectivity index (χ3v) is 3.58. The number of halogens is 1. The highest BCUT2D eigenvalue weighted by atomic mass is 19.1. The van der Waals surface area contributed by atoms with E-state index < -0.39 is 0 Å². The second kappa shape index (κ2) is 3.27. The van der Waals surface area contributed by atoms with Crippen LogP contribution in [0.1, 0.15) is 28.8 Å². The molecule has 1 heterocycles. The molecule has 0 aliphatic heterocycles. The standard InChI is InChI=1S/C14H14FN/c1-8-6-11-9(2)10-4-3-5-13(10)16-14(11)7-12(8)15/h6-7H,3-5H2,1-2H3. The Morgan fingerprint density at radius 3 is 2.81 bits per heavy atom. The van der Waals surface area contributed by atoms with Crippen LogP contribution >= 0.6 is 0 Å². The smallest absolute Gasteiger partial charge is 0.128 e. The Hall–Kier alpha value is -1.44.